The molecule has 2 aromatic rings. The van der Waals surface area contributed by atoms with Gasteiger partial charge in [0.15, 0.2) is 5.82 Å². The third-order valence-corrected chi connectivity index (χ3v) is 4.79. The Balaban J connectivity index is 1.92. The molecule has 9 nitrogen and oxygen atoms in total. The van der Waals surface area contributed by atoms with Gasteiger partial charge in [-0.3, -0.25) is 9.52 Å². The van der Waals surface area contributed by atoms with E-state index in [0.717, 1.165) is 0 Å². The lowest BCUT2D eigenvalue weighted by Crippen LogP contribution is -2.16. The fourth-order valence-corrected chi connectivity index (χ4v) is 2.81. The van der Waals surface area contributed by atoms with E-state index in [0.29, 0.717) is 41.7 Å². The first-order chi connectivity index (χ1) is 12.3. The highest BCUT2D eigenvalue weighted by atomic mass is 32.2. The summed E-state index contributed by atoms with van der Waals surface area (Å²) in [5.41, 5.74) is 0.832. The second kappa shape index (κ2) is 8.65. The number of benzene rings is 1. The van der Waals surface area contributed by atoms with Crippen LogP contribution in [0.15, 0.2) is 22.7 Å². The van der Waals surface area contributed by atoms with Crippen LogP contribution in [0.25, 0.3) is 0 Å². The molecule has 1 aromatic heterocycles. The number of nitrogens with one attached hydrogen (secondary N) is 2. The number of carbonyl (C=O) groups excluding carboxylic acids is 1. The summed E-state index contributed by atoms with van der Waals surface area (Å²) in [6.45, 7) is 3.27. The van der Waals surface area contributed by atoms with Crippen LogP contribution in [0.2, 0.25) is 0 Å². The van der Waals surface area contributed by atoms with Crippen molar-refractivity contribution in [1.29, 1.82) is 0 Å². The highest BCUT2D eigenvalue weighted by Gasteiger charge is 2.13. The van der Waals surface area contributed by atoms with Crippen LogP contribution in [0, 0.1) is 6.92 Å². The molecule has 10 heteroatoms. The first-order valence-electron chi connectivity index (χ1n) is 8.10. The summed E-state index contributed by atoms with van der Waals surface area (Å²) in [6.07, 6.45) is 1.38. The highest BCUT2D eigenvalue weighted by molar-refractivity contribution is 7.92. The smallest absolute Gasteiger partial charge is 0.232 e. The molecule has 0 radical (unpaired) electrons. The van der Waals surface area contributed by atoms with Crippen molar-refractivity contribution in [2.24, 2.45) is 0 Å². The predicted molar refractivity (Wildman–Crippen MR) is 96.7 cm³/mol. The molecule has 0 saturated carbocycles. The second-order valence-corrected chi connectivity index (χ2v) is 7.57. The quantitative estimate of drug-likeness (QED) is 0.681. The second-order valence-electron chi connectivity index (χ2n) is 5.56. The SMILES string of the molecule is CCS(=O)(=O)Nc1ccc(NC(=O)CCCc2nc(C)no2)cc1OC. The fourth-order valence-electron chi connectivity index (χ4n) is 2.16. The molecule has 0 fully saturated rings. The Morgan fingerprint density at radius 3 is 2.73 bits per heavy atom. The van der Waals surface area contributed by atoms with E-state index in [4.69, 9.17) is 9.26 Å². The third-order valence-electron chi connectivity index (χ3n) is 3.49. The van der Waals surface area contributed by atoms with Gasteiger partial charge in [-0.05, 0) is 32.4 Å². The largest absolute Gasteiger partial charge is 0.494 e. The molecule has 0 atom stereocenters. The minimum atomic E-state index is -3.41. The Bertz CT molecular complexity index is 863. The summed E-state index contributed by atoms with van der Waals surface area (Å²) < 4.78 is 36.0. The number of methoxy groups -OCH3 is 1. The highest BCUT2D eigenvalue weighted by Crippen LogP contribution is 2.29. The molecule has 2 rings (SSSR count). The molecule has 142 valence electrons. The number of ether oxygens (including phenoxy) is 1. The molecular formula is C16H22N4O5S. The van der Waals surface area contributed by atoms with E-state index >= 15 is 0 Å². The molecule has 0 bridgehead atoms. The summed E-state index contributed by atoms with van der Waals surface area (Å²) in [4.78, 5) is 16.1. The van der Waals surface area contributed by atoms with Crippen molar-refractivity contribution in [1.82, 2.24) is 10.1 Å². The molecule has 1 amide bonds. The summed E-state index contributed by atoms with van der Waals surface area (Å²) in [5.74, 6) is 1.17. The standard InChI is InChI=1S/C16H22N4O5S/c1-4-26(22,23)20-13-9-8-12(10-14(13)24-3)18-15(21)6-5-7-16-17-11(2)19-25-16/h8-10,20H,4-7H2,1-3H3,(H,18,21). The van der Waals surface area contributed by atoms with Crippen molar-refractivity contribution in [2.45, 2.75) is 33.1 Å². The lowest BCUT2D eigenvalue weighted by molar-refractivity contribution is -0.116. The molecule has 1 aromatic carbocycles. The number of anilines is 2. The van der Waals surface area contributed by atoms with Crippen molar-refractivity contribution in [2.75, 3.05) is 22.9 Å². The van der Waals surface area contributed by atoms with Gasteiger partial charge >= 0.3 is 0 Å². The van der Waals surface area contributed by atoms with Crippen molar-refractivity contribution in [3.8, 4) is 5.75 Å². The maximum atomic E-state index is 12.0. The maximum absolute atomic E-state index is 12.0. The monoisotopic (exact) mass is 382 g/mol. The van der Waals surface area contributed by atoms with Gasteiger partial charge in [-0.1, -0.05) is 5.16 Å². The van der Waals surface area contributed by atoms with Crippen LogP contribution in [0.1, 0.15) is 31.5 Å². The zero-order valence-electron chi connectivity index (χ0n) is 14.9. The lowest BCUT2D eigenvalue weighted by Gasteiger charge is -2.13. The van der Waals surface area contributed by atoms with Crippen molar-refractivity contribution in [3.63, 3.8) is 0 Å². The summed E-state index contributed by atoms with van der Waals surface area (Å²) >= 11 is 0. The molecule has 0 aliphatic carbocycles. The predicted octanol–water partition coefficient (Wildman–Crippen LogP) is 2.11. The normalized spacial score (nSPS) is 11.2. The van der Waals surface area contributed by atoms with Crippen LogP contribution >= 0.6 is 0 Å². The van der Waals surface area contributed by atoms with Gasteiger partial charge in [-0.15, -0.1) is 0 Å². The van der Waals surface area contributed by atoms with Gasteiger partial charge in [0.1, 0.15) is 5.75 Å². The van der Waals surface area contributed by atoms with E-state index in [9.17, 15) is 13.2 Å². The van der Waals surface area contributed by atoms with E-state index < -0.39 is 10.0 Å². The summed E-state index contributed by atoms with van der Waals surface area (Å²) in [5, 5.41) is 6.44. The van der Waals surface area contributed by atoms with Gasteiger partial charge in [-0.2, -0.15) is 4.98 Å². The van der Waals surface area contributed by atoms with Crippen LogP contribution in [-0.4, -0.2) is 37.3 Å². The molecule has 0 spiro atoms. The zero-order valence-corrected chi connectivity index (χ0v) is 15.7. The molecule has 26 heavy (non-hydrogen) atoms. The average Bonchev–Trinajstić information content (AvgIpc) is 3.01. The Hall–Kier alpha value is -2.62. The summed E-state index contributed by atoms with van der Waals surface area (Å²) in [7, 11) is -1.99. The molecule has 0 aliphatic rings. The van der Waals surface area contributed by atoms with Gasteiger partial charge in [-0.25, -0.2) is 8.42 Å². The average molecular weight is 382 g/mol. The van der Waals surface area contributed by atoms with Crippen LogP contribution in [-0.2, 0) is 21.2 Å². The van der Waals surface area contributed by atoms with Crippen molar-refractivity contribution < 1.29 is 22.5 Å². The number of hydrogen-bond donors (Lipinski definition) is 2. The molecule has 0 saturated heterocycles. The Morgan fingerprint density at radius 2 is 2.12 bits per heavy atom. The van der Waals surface area contributed by atoms with Gasteiger partial charge in [0.2, 0.25) is 21.8 Å². The van der Waals surface area contributed by atoms with Gasteiger partial charge in [0.25, 0.3) is 0 Å². The maximum Gasteiger partial charge on any atom is 0.232 e. The van der Waals surface area contributed by atoms with Crippen LogP contribution in [0.4, 0.5) is 11.4 Å². The number of sulfonamides is 1. The van der Waals surface area contributed by atoms with Crippen LogP contribution in [0.5, 0.6) is 5.75 Å². The first-order valence-corrected chi connectivity index (χ1v) is 9.75. The molecule has 0 aliphatic heterocycles. The Morgan fingerprint density at radius 1 is 1.35 bits per heavy atom. The molecule has 0 unspecified atom stereocenters. The van der Waals surface area contributed by atoms with E-state index in [1.54, 1.807) is 32.0 Å². The molecule has 2 N–H and O–H groups in total. The number of hydrogen-bond acceptors (Lipinski definition) is 7. The zero-order chi connectivity index (χ0) is 19.2. The number of aryl methyl sites for hydroxylation is 2. The van der Waals surface area contributed by atoms with Gasteiger partial charge in [0.05, 0.1) is 18.6 Å². The van der Waals surface area contributed by atoms with E-state index in [2.05, 4.69) is 20.2 Å². The number of rotatable bonds is 9. The van der Waals surface area contributed by atoms with Crippen LogP contribution in [0.3, 0.4) is 0 Å². The van der Waals surface area contributed by atoms with Gasteiger partial charge < -0.3 is 14.6 Å². The van der Waals surface area contributed by atoms with Crippen molar-refractivity contribution >= 4 is 27.3 Å². The van der Waals surface area contributed by atoms with Crippen LogP contribution < -0.4 is 14.8 Å². The van der Waals surface area contributed by atoms with Crippen molar-refractivity contribution in [3.05, 3.63) is 29.9 Å². The minimum absolute atomic E-state index is 0.0474. The number of amides is 1. The third kappa shape index (κ3) is 5.73. The Labute approximate surface area is 152 Å². The van der Waals surface area contributed by atoms with E-state index in [1.165, 1.54) is 7.11 Å². The topological polar surface area (TPSA) is 123 Å². The number of carbonyl (C=O) groups is 1. The first kappa shape index (κ1) is 19.7. The van der Waals surface area contributed by atoms with Gasteiger partial charge in [0, 0.05) is 24.6 Å². The fraction of sp³-hybridized carbons (Fsp3) is 0.438. The number of aromatic nitrogens is 2. The summed E-state index contributed by atoms with van der Waals surface area (Å²) in [6, 6.07) is 4.71. The number of nitrogens with zero attached hydrogens (tertiary/aromatic N) is 2. The molecular weight excluding hydrogens is 360 g/mol. The Kier molecular flexibility index (Phi) is 6.56. The van der Waals surface area contributed by atoms with E-state index in [1.807, 2.05) is 0 Å². The molecule has 1 heterocycles. The van der Waals surface area contributed by atoms with E-state index in [-0.39, 0.29) is 18.1 Å². The minimum Gasteiger partial charge on any atom is -0.494 e. The lowest BCUT2D eigenvalue weighted by atomic mass is 10.2.